The Hall–Kier alpha value is -2.15. The van der Waals surface area contributed by atoms with E-state index < -0.39 is 0 Å². The second-order valence-electron chi connectivity index (χ2n) is 4.93. The molecule has 126 valence electrons. The molecule has 1 amide bonds. The summed E-state index contributed by atoms with van der Waals surface area (Å²) in [4.78, 5) is 12.2. The van der Waals surface area contributed by atoms with Gasteiger partial charge in [0.25, 0.3) is 5.91 Å². The molecule has 1 heterocycles. The molecule has 1 aromatic heterocycles. The predicted octanol–water partition coefficient (Wildman–Crippen LogP) is 5.25. The number of anilines is 1. The van der Waals surface area contributed by atoms with Crippen molar-refractivity contribution >= 4 is 51.8 Å². The first-order chi connectivity index (χ1) is 12.2. The van der Waals surface area contributed by atoms with Gasteiger partial charge >= 0.3 is 0 Å². The van der Waals surface area contributed by atoms with Crippen LogP contribution in [0.25, 0.3) is 6.08 Å². The van der Waals surface area contributed by atoms with Crippen molar-refractivity contribution in [1.82, 2.24) is 10.2 Å². The van der Waals surface area contributed by atoms with Crippen LogP contribution in [0.3, 0.4) is 0 Å². The van der Waals surface area contributed by atoms with Crippen molar-refractivity contribution in [3.8, 4) is 0 Å². The van der Waals surface area contributed by atoms with Gasteiger partial charge < -0.3 is 0 Å². The number of halogens is 1. The van der Waals surface area contributed by atoms with Crippen molar-refractivity contribution < 1.29 is 4.79 Å². The molecule has 25 heavy (non-hydrogen) atoms. The highest BCUT2D eigenvalue weighted by atomic mass is 35.5. The molecule has 2 aromatic carbocycles. The molecule has 3 aromatic rings. The van der Waals surface area contributed by atoms with Crippen molar-refractivity contribution in [3.05, 3.63) is 76.8 Å². The van der Waals surface area contributed by atoms with Crippen LogP contribution in [0.1, 0.15) is 15.9 Å². The smallest absolute Gasteiger partial charge is 0.259 e. The summed E-state index contributed by atoms with van der Waals surface area (Å²) in [5, 5.41) is 11.7. The molecule has 0 unspecified atom stereocenters. The Morgan fingerprint density at radius 2 is 1.88 bits per heavy atom. The fraction of sp³-hybridized carbons (Fsp3) is 0.0556. The third-order valence-electron chi connectivity index (χ3n) is 3.16. The number of benzene rings is 2. The maximum atomic E-state index is 12.2. The number of thioether (sulfide) groups is 1. The monoisotopic (exact) mass is 387 g/mol. The summed E-state index contributed by atoms with van der Waals surface area (Å²) in [7, 11) is 0. The molecule has 0 saturated carbocycles. The van der Waals surface area contributed by atoms with Gasteiger partial charge in [-0.25, -0.2) is 0 Å². The van der Waals surface area contributed by atoms with Crippen LogP contribution in [0.2, 0.25) is 5.02 Å². The molecule has 7 heteroatoms. The lowest BCUT2D eigenvalue weighted by Gasteiger charge is -2.02. The second kappa shape index (κ2) is 8.80. The van der Waals surface area contributed by atoms with Gasteiger partial charge in [-0.05, 0) is 17.7 Å². The lowest BCUT2D eigenvalue weighted by molar-refractivity contribution is 0.102. The van der Waals surface area contributed by atoms with Gasteiger partial charge in [0.1, 0.15) is 0 Å². The van der Waals surface area contributed by atoms with Crippen LogP contribution < -0.4 is 5.32 Å². The Kier molecular flexibility index (Phi) is 6.22. The normalized spacial score (nSPS) is 10.9. The number of amides is 1. The van der Waals surface area contributed by atoms with Gasteiger partial charge in [0, 0.05) is 5.75 Å². The number of nitrogens with one attached hydrogen (secondary N) is 1. The molecular weight excluding hydrogens is 374 g/mol. The minimum absolute atomic E-state index is 0.290. The molecule has 0 fully saturated rings. The van der Waals surface area contributed by atoms with Gasteiger partial charge in [0.05, 0.1) is 10.6 Å². The molecule has 0 aliphatic heterocycles. The van der Waals surface area contributed by atoms with Gasteiger partial charge in [-0.1, -0.05) is 89.3 Å². The summed E-state index contributed by atoms with van der Waals surface area (Å²) in [6, 6.07) is 17.0. The van der Waals surface area contributed by atoms with Gasteiger partial charge in [-0.3, -0.25) is 10.1 Å². The van der Waals surface area contributed by atoms with E-state index in [1.54, 1.807) is 36.0 Å². The molecule has 0 radical (unpaired) electrons. The van der Waals surface area contributed by atoms with Gasteiger partial charge in [-0.15, -0.1) is 10.2 Å². The molecule has 1 N–H and O–H groups in total. The lowest BCUT2D eigenvalue weighted by Crippen LogP contribution is -2.12. The molecule has 0 bridgehead atoms. The number of carbonyl (C=O) groups is 1. The molecule has 4 nitrogen and oxygen atoms in total. The quantitative estimate of drug-likeness (QED) is 0.463. The topological polar surface area (TPSA) is 54.9 Å². The van der Waals surface area contributed by atoms with Crippen LogP contribution in [0.15, 0.2) is 65.0 Å². The Morgan fingerprint density at radius 3 is 2.68 bits per heavy atom. The number of hydrogen-bond acceptors (Lipinski definition) is 5. The van der Waals surface area contributed by atoms with E-state index in [1.165, 1.54) is 11.3 Å². The maximum Gasteiger partial charge on any atom is 0.259 e. The second-order valence-corrected chi connectivity index (χ2v) is 7.58. The number of aromatic nitrogens is 2. The number of nitrogens with zero attached hydrogens (tertiary/aromatic N) is 2. The molecule has 0 aliphatic carbocycles. The van der Waals surface area contributed by atoms with E-state index in [9.17, 15) is 4.79 Å². The predicted molar refractivity (Wildman–Crippen MR) is 106 cm³/mol. The average Bonchev–Trinajstić information content (AvgIpc) is 3.07. The maximum absolute atomic E-state index is 12.2. The highest BCUT2D eigenvalue weighted by molar-refractivity contribution is 8.01. The zero-order chi connectivity index (χ0) is 17.5. The average molecular weight is 388 g/mol. The van der Waals surface area contributed by atoms with Crippen molar-refractivity contribution in [3.63, 3.8) is 0 Å². The van der Waals surface area contributed by atoms with E-state index in [4.69, 9.17) is 11.6 Å². The molecule has 0 atom stereocenters. The van der Waals surface area contributed by atoms with Crippen molar-refractivity contribution in [2.45, 2.75) is 4.34 Å². The summed E-state index contributed by atoms with van der Waals surface area (Å²) in [6.45, 7) is 0. The summed E-state index contributed by atoms with van der Waals surface area (Å²) in [6.07, 6.45) is 4.14. The fourth-order valence-electron chi connectivity index (χ4n) is 2.00. The van der Waals surface area contributed by atoms with E-state index >= 15 is 0 Å². The lowest BCUT2D eigenvalue weighted by atomic mass is 10.2. The first-order valence-corrected chi connectivity index (χ1v) is 9.64. The van der Waals surface area contributed by atoms with E-state index in [0.29, 0.717) is 15.7 Å². The van der Waals surface area contributed by atoms with Crippen LogP contribution >= 0.6 is 34.7 Å². The number of hydrogen-bond donors (Lipinski definition) is 1. The summed E-state index contributed by atoms with van der Waals surface area (Å²) < 4.78 is 0.798. The van der Waals surface area contributed by atoms with E-state index in [0.717, 1.165) is 15.7 Å². The van der Waals surface area contributed by atoms with Crippen molar-refractivity contribution in [2.24, 2.45) is 0 Å². The molecular formula is C18H14ClN3OS2. The largest absolute Gasteiger partial charge is 0.296 e. The van der Waals surface area contributed by atoms with Crippen LogP contribution in [-0.4, -0.2) is 21.9 Å². The third kappa shape index (κ3) is 5.16. The Bertz CT molecular complexity index is 881. The van der Waals surface area contributed by atoms with Crippen molar-refractivity contribution in [2.75, 3.05) is 11.1 Å². The summed E-state index contributed by atoms with van der Waals surface area (Å²) in [5.41, 5.74) is 1.58. The Morgan fingerprint density at radius 1 is 1.12 bits per heavy atom. The first-order valence-electron chi connectivity index (χ1n) is 7.46. The minimum atomic E-state index is -0.290. The highest BCUT2D eigenvalue weighted by Crippen LogP contribution is 2.26. The third-order valence-corrected chi connectivity index (χ3v) is 5.41. The SMILES string of the molecule is O=C(Nc1nnc(SC/C=C/c2ccccc2)s1)c1ccccc1Cl. The van der Waals surface area contributed by atoms with Crippen LogP contribution in [0.5, 0.6) is 0 Å². The van der Waals surface area contributed by atoms with Gasteiger partial charge in [-0.2, -0.15) is 0 Å². The number of carbonyl (C=O) groups excluding carboxylic acids is 1. The fourth-order valence-corrected chi connectivity index (χ4v) is 3.80. The minimum Gasteiger partial charge on any atom is -0.296 e. The molecule has 0 saturated heterocycles. The highest BCUT2D eigenvalue weighted by Gasteiger charge is 2.12. The Labute approximate surface area is 159 Å². The van der Waals surface area contributed by atoms with E-state index in [2.05, 4.69) is 39.8 Å². The van der Waals surface area contributed by atoms with Crippen LogP contribution in [0.4, 0.5) is 5.13 Å². The standard InChI is InChI=1S/C18H14ClN3OS2/c19-15-11-5-4-10-14(15)16(23)20-17-21-22-18(25-17)24-12-6-9-13-7-2-1-3-8-13/h1-11H,12H2,(H,20,21,23)/b9-6+. The summed E-state index contributed by atoms with van der Waals surface area (Å²) in [5.74, 6) is 0.490. The van der Waals surface area contributed by atoms with Crippen LogP contribution in [0, 0.1) is 0 Å². The molecule has 3 rings (SSSR count). The molecule has 0 aliphatic rings. The zero-order valence-corrected chi connectivity index (χ0v) is 15.4. The van der Waals surface area contributed by atoms with E-state index in [1.807, 2.05) is 18.2 Å². The first kappa shape index (κ1) is 17.7. The van der Waals surface area contributed by atoms with Crippen LogP contribution in [-0.2, 0) is 0 Å². The molecule has 0 spiro atoms. The summed E-state index contributed by atoms with van der Waals surface area (Å²) >= 11 is 8.93. The van der Waals surface area contributed by atoms with Crippen molar-refractivity contribution in [1.29, 1.82) is 0 Å². The van der Waals surface area contributed by atoms with Gasteiger partial charge in [0.2, 0.25) is 5.13 Å². The zero-order valence-electron chi connectivity index (χ0n) is 13.1. The van der Waals surface area contributed by atoms with Gasteiger partial charge in [0.15, 0.2) is 4.34 Å². The van der Waals surface area contributed by atoms with E-state index in [-0.39, 0.29) is 5.91 Å². The Balaban J connectivity index is 1.53. The number of rotatable bonds is 6.